The molecular weight excluding hydrogens is 358 g/mol. The minimum atomic E-state index is -0.0744. The Kier molecular flexibility index (Phi) is 5.29. The molecule has 0 saturated carbocycles. The fourth-order valence-electron chi connectivity index (χ4n) is 4.18. The second-order valence-corrected chi connectivity index (χ2v) is 8.25. The van der Waals surface area contributed by atoms with E-state index >= 15 is 0 Å². The summed E-state index contributed by atoms with van der Waals surface area (Å²) in [6.45, 7) is 6.17. The van der Waals surface area contributed by atoms with Crippen LogP contribution in [0.5, 0.6) is 0 Å². The van der Waals surface area contributed by atoms with Gasteiger partial charge in [0.1, 0.15) is 0 Å². The molecule has 4 rings (SSSR count). The van der Waals surface area contributed by atoms with Crippen LogP contribution in [0.1, 0.15) is 34.5 Å². The van der Waals surface area contributed by atoms with E-state index in [0.29, 0.717) is 6.04 Å². The monoisotopic (exact) mass is 387 g/mol. The normalized spacial score (nSPS) is 15.7. The van der Waals surface area contributed by atoms with Crippen LogP contribution < -0.4 is 10.2 Å². The first-order valence-electron chi connectivity index (χ1n) is 10.2. The van der Waals surface area contributed by atoms with Crippen LogP contribution in [0.15, 0.2) is 60.7 Å². The summed E-state index contributed by atoms with van der Waals surface area (Å²) in [7, 11) is 4.25. The topological polar surface area (TPSA) is 35.6 Å². The van der Waals surface area contributed by atoms with Crippen molar-refractivity contribution in [1.29, 1.82) is 0 Å². The first kappa shape index (κ1) is 19.5. The van der Waals surface area contributed by atoms with E-state index in [-0.39, 0.29) is 11.9 Å². The van der Waals surface area contributed by atoms with E-state index in [1.165, 1.54) is 10.8 Å². The highest BCUT2D eigenvalue weighted by Gasteiger charge is 2.27. The first-order valence-corrected chi connectivity index (χ1v) is 10.2. The van der Waals surface area contributed by atoms with Gasteiger partial charge in [0.05, 0.1) is 12.1 Å². The molecule has 1 aliphatic heterocycles. The average Bonchev–Trinajstić information content (AvgIpc) is 2.70. The van der Waals surface area contributed by atoms with Crippen LogP contribution in [-0.2, 0) is 0 Å². The highest BCUT2D eigenvalue weighted by atomic mass is 16.1. The minimum Gasteiger partial charge on any atom is -0.369 e. The number of likely N-dealkylation sites (N-methyl/N-ethyl adjacent to an activating group) is 2. The van der Waals surface area contributed by atoms with Crippen molar-refractivity contribution in [3.63, 3.8) is 0 Å². The van der Waals surface area contributed by atoms with Crippen LogP contribution in [0.3, 0.4) is 0 Å². The maximum atomic E-state index is 13.1. The van der Waals surface area contributed by atoms with Gasteiger partial charge in [0, 0.05) is 31.4 Å². The molecule has 1 atom stereocenters. The highest BCUT2D eigenvalue weighted by molar-refractivity contribution is 5.97. The quantitative estimate of drug-likeness (QED) is 0.705. The van der Waals surface area contributed by atoms with Crippen LogP contribution in [-0.4, -0.2) is 44.0 Å². The van der Waals surface area contributed by atoms with Crippen LogP contribution in [0, 0.1) is 6.92 Å². The number of hydrogen-bond donors (Lipinski definition) is 1. The molecule has 0 aromatic heterocycles. The lowest BCUT2D eigenvalue weighted by Crippen LogP contribution is -2.56. The molecule has 1 fully saturated rings. The largest absolute Gasteiger partial charge is 0.369 e. The highest BCUT2D eigenvalue weighted by Crippen LogP contribution is 2.26. The van der Waals surface area contributed by atoms with Gasteiger partial charge in [-0.15, -0.1) is 0 Å². The molecule has 3 aromatic carbocycles. The summed E-state index contributed by atoms with van der Waals surface area (Å²) in [5, 5.41) is 5.58. The van der Waals surface area contributed by atoms with Gasteiger partial charge in [0.2, 0.25) is 0 Å². The number of rotatable bonds is 5. The number of carbonyl (C=O) groups is 1. The zero-order valence-electron chi connectivity index (χ0n) is 17.6. The third-order valence-corrected chi connectivity index (χ3v) is 6.10. The molecule has 4 nitrogen and oxygen atoms in total. The van der Waals surface area contributed by atoms with E-state index < -0.39 is 0 Å². The summed E-state index contributed by atoms with van der Waals surface area (Å²) in [5.41, 5.74) is 3.97. The summed E-state index contributed by atoms with van der Waals surface area (Å²) < 4.78 is 0. The van der Waals surface area contributed by atoms with E-state index in [9.17, 15) is 4.79 Å². The van der Waals surface area contributed by atoms with E-state index in [0.717, 1.165) is 35.5 Å². The fourth-order valence-corrected chi connectivity index (χ4v) is 4.18. The zero-order chi connectivity index (χ0) is 20.5. The molecule has 1 heterocycles. The Bertz CT molecular complexity index is 1030. The number of fused-ring (bicyclic) bond motifs is 1. The fraction of sp³-hybridized carbons (Fsp3) is 0.320. The van der Waals surface area contributed by atoms with Crippen molar-refractivity contribution in [2.24, 2.45) is 0 Å². The molecule has 0 bridgehead atoms. The maximum absolute atomic E-state index is 13.1. The molecule has 0 aliphatic carbocycles. The molecule has 0 unspecified atom stereocenters. The molecule has 1 N–H and O–H groups in total. The Morgan fingerprint density at radius 1 is 1.10 bits per heavy atom. The van der Waals surface area contributed by atoms with Gasteiger partial charge in [0.25, 0.3) is 5.91 Å². The number of aryl methyl sites for hydroxylation is 1. The number of nitrogens with zero attached hydrogens (tertiary/aromatic N) is 2. The van der Waals surface area contributed by atoms with Crippen molar-refractivity contribution < 1.29 is 4.79 Å². The molecule has 29 heavy (non-hydrogen) atoms. The third-order valence-electron chi connectivity index (χ3n) is 6.10. The van der Waals surface area contributed by atoms with Crippen LogP contribution >= 0.6 is 0 Å². The number of nitrogens with one attached hydrogen (secondary N) is 1. The predicted octanol–water partition coefficient (Wildman–Crippen LogP) is 4.39. The standard InChI is InChI=1S/C25H29N3O/c1-17-12-13-20(28(4)21-15-27(3)16-21)14-24(17)25(29)26-18(2)22-11-7-9-19-8-5-6-10-23(19)22/h5-14,18,21H,15-16H2,1-4H3,(H,26,29)/t18-/m1/s1. The lowest BCUT2D eigenvalue weighted by Gasteiger charge is -2.43. The SMILES string of the molecule is Cc1ccc(N(C)C2CN(C)C2)cc1C(=O)N[C@H](C)c1cccc2ccccc12. The van der Waals surface area contributed by atoms with E-state index in [1.807, 2.05) is 31.2 Å². The molecule has 4 heteroatoms. The molecule has 1 saturated heterocycles. The van der Waals surface area contributed by atoms with Gasteiger partial charge in [-0.1, -0.05) is 48.5 Å². The smallest absolute Gasteiger partial charge is 0.252 e. The number of likely N-dealkylation sites (tertiary alicyclic amines) is 1. The lowest BCUT2D eigenvalue weighted by atomic mass is 9.99. The predicted molar refractivity (Wildman–Crippen MR) is 121 cm³/mol. The van der Waals surface area contributed by atoms with E-state index in [2.05, 4.69) is 72.5 Å². The van der Waals surface area contributed by atoms with Crippen molar-refractivity contribution in [3.05, 3.63) is 77.4 Å². The minimum absolute atomic E-state index is 0.0242. The lowest BCUT2D eigenvalue weighted by molar-refractivity contribution is 0.0939. The zero-order valence-corrected chi connectivity index (χ0v) is 17.6. The van der Waals surface area contributed by atoms with Gasteiger partial charge in [-0.25, -0.2) is 0 Å². The number of anilines is 1. The number of benzene rings is 3. The van der Waals surface area contributed by atoms with Crippen molar-refractivity contribution >= 4 is 22.4 Å². The molecule has 1 amide bonds. The average molecular weight is 388 g/mol. The van der Waals surface area contributed by atoms with Gasteiger partial charge in [-0.05, 0) is 54.9 Å². The van der Waals surface area contributed by atoms with Gasteiger partial charge in [-0.2, -0.15) is 0 Å². The summed E-state index contributed by atoms with van der Waals surface area (Å²) >= 11 is 0. The van der Waals surface area contributed by atoms with E-state index in [4.69, 9.17) is 0 Å². The summed E-state index contributed by atoms with van der Waals surface area (Å²) in [6, 6.07) is 21.2. The van der Waals surface area contributed by atoms with Crippen molar-refractivity contribution in [1.82, 2.24) is 10.2 Å². The molecule has 0 radical (unpaired) electrons. The van der Waals surface area contributed by atoms with Gasteiger partial charge >= 0.3 is 0 Å². The summed E-state index contributed by atoms with van der Waals surface area (Å²) in [4.78, 5) is 17.7. The van der Waals surface area contributed by atoms with Gasteiger partial charge in [0.15, 0.2) is 0 Å². The molecule has 1 aliphatic rings. The molecule has 150 valence electrons. The number of amides is 1. The maximum Gasteiger partial charge on any atom is 0.252 e. The number of hydrogen-bond acceptors (Lipinski definition) is 3. The Hall–Kier alpha value is -2.85. The van der Waals surface area contributed by atoms with Crippen molar-refractivity contribution in [2.75, 3.05) is 32.1 Å². The van der Waals surface area contributed by atoms with Gasteiger partial charge in [-0.3, -0.25) is 4.79 Å². The third kappa shape index (κ3) is 3.85. The molecular formula is C25H29N3O. The van der Waals surface area contributed by atoms with Crippen LogP contribution in [0.2, 0.25) is 0 Å². The molecule has 0 spiro atoms. The summed E-state index contributed by atoms with van der Waals surface area (Å²) in [6.07, 6.45) is 0. The van der Waals surface area contributed by atoms with E-state index in [1.54, 1.807) is 0 Å². The number of carbonyl (C=O) groups excluding carboxylic acids is 1. The second kappa shape index (κ2) is 7.88. The Morgan fingerprint density at radius 3 is 2.59 bits per heavy atom. The van der Waals surface area contributed by atoms with Crippen LogP contribution in [0.25, 0.3) is 10.8 Å². The first-order chi connectivity index (χ1) is 13.9. The van der Waals surface area contributed by atoms with Crippen molar-refractivity contribution in [3.8, 4) is 0 Å². The Labute approximate surface area is 173 Å². The Morgan fingerprint density at radius 2 is 1.83 bits per heavy atom. The molecule has 3 aromatic rings. The second-order valence-electron chi connectivity index (χ2n) is 8.25. The Balaban J connectivity index is 1.55. The van der Waals surface area contributed by atoms with Crippen molar-refractivity contribution in [2.45, 2.75) is 25.9 Å². The van der Waals surface area contributed by atoms with Gasteiger partial charge < -0.3 is 15.1 Å². The van der Waals surface area contributed by atoms with Crippen LogP contribution in [0.4, 0.5) is 5.69 Å². The summed E-state index contributed by atoms with van der Waals surface area (Å²) in [5.74, 6) is -0.0242.